The number of nitrogens with zero attached hydrogens (tertiary/aromatic N) is 3. The molecule has 6 nitrogen and oxygen atoms in total. The number of morpholine rings is 1. The van der Waals surface area contributed by atoms with E-state index in [0.29, 0.717) is 32.1 Å². The number of hydrogen-bond acceptors (Lipinski definition) is 5. The Bertz CT molecular complexity index is 779. The van der Waals surface area contributed by atoms with Gasteiger partial charge in [0.25, 0.3) is 0 Å². The zero-order valence-corrected chi connectivity index (χ0v) is 14.1. The van der Waals surface area contributed by atoms with Crippen LogP contribution in [0.4, 0.5) is 14.6 Å². The Morgan fingerprint density at radius 3 is 2.48 bits per heavy atom. The molecule has 3 rings (SSSR count). The fourth-order valence-electron chi connectivity index (χ4n) is 2.73. The van der Waals surface area contributed by atoms with Crippen molar-refractivity contribution in [1.29, 1.82) is 0 Å². The normalized spacial score (nSPS) is 16.3. The monoisotopic (exact) mass is 350 g/mol. The molecule has 0 radical (unpaired) electrons. The van der Waals surface area contributed by atoms with E-state index < -0.39 is 17.7 Å². The largest absolute Gasteiger partial charge is 0.378 e. The fraction of sp³-hybridized carbons (Fsp3) is 0.471. The lowest BCUT2D eigenvalue weighted by Crippen LogP contribution is -2.49. The number of anilines is 1. The third kappa shape index (κ3) is 3.84. The van der Waals surface area contributed by atoms with Gasteiger partial charge in [-0.1, -0.05) is 13.8 Å². The smallest absolute Gasteiger partial charge is 0.245 e. The summed E-state index contributed by atoms with van der Waals surface area (Å²) < 4.78 is 31.9. The average molecular weight is 350 g/mol. The van der Waals surface area contributed by atoms with Crippen LogP contribution in [0, 0.1) is 17.6 Å². The van der Waals surface area contributed by atoms with Gasteiger partial charge in [0.05, 0.1) is 30.4 Å². The molecule has 1 atom stereocenters. The molecule has 0 spiro atoms. The van der Waals surface area contributed by atoms with Crippen LogP contribution in [-0.2, 0) is 9.53 Å². The molecule has 1 aliphatic heterocycles. The summed E-state index contributed by atoms with van der Waals surface area (Å²) in [5.41, 5.74) is 0.482. The molecule has 1 aromatic heterocycles. The van der Waals surface area contributed by atoms with Gasteiger partial charge in [-0.25, -0.2) is 13.8 Å². The van der Waals surface area contributed by atoms with Crippen LogP contribution in [0.15, 0.2) is 18.3 Å². The van der Waals surface area contributed by atoms with Crippen molar-refractivity contribution in [2.24, 2.45) is 5.92 Å². The number of carbonyl (C=O) groups excluding carboxylic acids is 1. The van der Waals surface area contributed by atoms with Gasteiger partial charge in [-0.15, -0.1) is 0 Å². The molecule has 0 aliphatic carbocycles. The molecule has 0 saturated carbocycles. The number of amides is 1. The Hall–Kier alpha value is -2.35. The highest BCUT2D eigenvalue weighted by atomic mass is 19.2. The number of halogens is 2. The average Bonchev–Trinajstić information content (AvgIpc) is 2.60. The van der Waals surface area contributed by atoms with Gasteiger partial charge >= 0.3 is 0 Å². The first-order valence-corrected chi connectivity index (χ1v) is 8.20. The quantitative estimate of drug-likeness (QED) is 0.916. The van der Waals surface area contributed by atoms with Gasteiger partial charge in [-0.2, -0.15) is 0 Å². The van der Waals surface area contributed by atoms with Crippen molar-refractivity contribution in [1.82, 2.24) is 14.9 Å². The van der Waals surface area contributed by atoms with Crippen molar-refractivity contribution >= 4 is 22.8 Å². The Morgan fingerprint density at radius 2 is 1.84 bits per heavy atom. The number of hydrogen-bond donors (Lipinski definition) is 1. The zero-order chi connectivity index (χ0) is 18.0. The van der Waals surface area contributed by atoms with Crippen LogP contribution in [0.2, 0.25) is 0 Å². The van der Waals surface area contributed by atoms with Crippen molar-refractivity contribution in [3.8, 4) is 0 Å². The Labute approximate surface area is 144 Å². The molecule has 1 aliphatic rings. The summed E-state index contributed by atoms with van der Waals surface area (Å²) in [6.07, 6.45) is 1.42. The number of fused-ring (bicyclic) bond motifs is 1. The van der Waals surface area contributed by atoms with E-state index in [1.807, 2.05) is 13.8 Å². The molecule has 1 aromatic carbocycles. The van der Waals surface area contributed by atoms with Crippen LogP contribution >= 0.6 is 0 Å². The molecular formula is C17H20F2N4O2. The summed E-state index contributed by atoms with van der Waals surface area (Å²) in [4.78, 5) is 22.9. The summed E-state index contributed by atoms with van der Waals surface area (Å²) in [6, 6.07) is 1.51. The highest BCUT2D eigenvalue weighted by molar-refractivity contribution is 5.85. The lowest BCUT2D eigenvalue weighted by molar-refractivity contribution is -0.137. The molecular weight excluding hydrogens is 330 g/mol. The van der Waals surface area contributed by atoms with Crippen LogP contribution in [0.3, 0.4) is 0 Å². The SMILES string of the molecule is CC(C)[C@H](Nc1cnc2cc(F)c(F)cc2n1)C(=O)N1CCOCC1. The van der Waals surface area contributed by atoms with Crippen LogP contribution in [-0.4, -0.2) is 53.1 Å². The molecule has 0 bridgehead atoms. The van der Waals surface area contributed by atoms with Gasteiger partial charge < -0.3 is 15.0 Å². The molecule has 1 saturated heterocycles. The molecule has 2 heterocycles. The Kier molecular flexibility index (Phi) is 5.08. The number of aromatic nitrogens is 2. The molecule has 0 unspecified atom stereocenters. The highest BCUT2D eigenvalue weighted by Crippen LogP contribution is 2.19. The molecule has 2 aromatic rings. The van der Waals surface area contributed by atoms with Gasteiger partial charge in [-0.05, 0) is 5.92 Å². The summed E-state index contributed by atoms with van der Waals surface area (Å²) >= 11 is 0. The maximum Gasteiger partial charge on any atom is 0.245 e. The van der Waals surface area contributed by atoms with E-state index in [2.05, 4.69) is 15.3 Å². The van der Waals surface area contributed by atoms with Crippen molar-refractivity contribution in [2.75, 3.05) is 31.6 Å². The number of rotatable bonds is 4. The third-order valence-electron chi connectivity index (χ3n) is 4.14. The molecule has 134 valence electrons. The van der Waals surface area contributed by atoms with E-state index in [4.69, 9.17) is 4.74 Å². The zero-order valence-electron chi connectivity index (χ0n) is 14.1. The maximum atomic E-state index is 13.4. The number of benzene rings is 1. The summed E-state index contributed by atoms with van der Waals surface area (Å²) in [5, 5.41) is 3.08. The second-order valence-corrected chi connectivity index (χ2v) is 6.31. The topological polar surface area (TPSA) is 67.4 Å². The fourth-order valence-corrected chi connectivity index (χ4v) is 2.73. The number of ether oxygens (including phenoxy) is 1. The minimum atomic E-state index is -0.983. The van der Waals surface area contributed by atoms with E-state index in [9.17, 15) is 13.6 Å². The minimum absolute atomic E-state index is 0.0118. The van der Waals surface area contributed by atoms with Crippen molar-refractivity contribution in [3.63, 3.8) is 0 Å². The third-order valence-corrected chi connectivity index (χ3v) is 4.14. The molecule has 1 N–H and O–H groups in total. The van der Waals surface area contributed by atoms with Crippen LogP contribution in [0.25, 0.3) is 11.0 Å². The lowest BCUT2D eigenvalue weighted by Gasteiger charge is -2.32. The number of carbonyl (C=O) groups is 1. The van der Waals surface area contributed by atoms with Gasteiger partial charge in [-0.3, -0.25) is 9.78 Å². The van der Waals surface area contributed by atoms with Gasteiger partial charge in [0, 0.05) is 25.2 Å². The van der Waals surface area contributed by atoms with E-state index >= 15 is 0 Å². The molecule has 8 heteroatoms. The van der Waals surface area contributed by atoms with Crippen LogP contribution in [0.5, 0.6) is 0 Å². The highest BCUT2D eigenvalue weighted by Gasteiger charge is 2.28. The van der Waals surface area contributed by atoms with Crippen LogP contribution < -0.4 is 5.32 Å². The predicted molar refractivity (Wildman–Crippen MR) is 89.1 cm³/mol. The first kappa shape index (κ1) is 17.5. The van der Waals surface area contributed by atoms with Crippen molar-refractivity contribution < 1.29 is 18.3 Å². The lowest BCUT2D eigenvalue weighted by atomic mass is 10.0. The van der Waals surface area contributed by atoms with E-state index in [1.54, 1.807) is 4.90 Å². The van der Waals surface area contributed by atoms with E-state index in [-0.39, 0.29) is 22.9 Å². The standard InChI is InChI=1S/C17H20F2N4O2/c1-10(2)16(17(24)23-3-5-25-6-4-23)22-15-9-20-13-7-11(18)12(19)8-14(13)21-15/h7-10,16H,3-6H2,1-2H3,(H,21,22)/t16-/m0/s1. The Balaban J connectivity index is 1.83. The summed E-state index contributed by atoms with van der Waals surface area (Å²) in [5.74, 6) is -1.63. The van der Waals surface area contributed by atoms with Crippen molar-refractivity contribution in [2.45, 2.75) is 19.9 Å². The second-order valence-electron chi connectivity index (χ2n) is 6.31. The van der Waals surface area contributed by atoms with E-state index in [1.165, 1.54) is 6.20 Å². The van der Waals surface area contributed by atoms with Crippen LogP contribution in [0.1, 0.15) is 13.8 Å². The molecule has 1 amide bonds. The van der Waals surface area contributed by atoms with Gasteiger partial charge in [0.2, 0.25) is 5.91 Å². The second kappa shape index (κ2) is 7.26. The first-order chi connectivity index (χ1) is 12.0. The number of nitrogens with one attached hydrogen (secondary N) is 1. The van der Waals surface area contributed by atoms with Gasteiger partial charge in [0.15, 0.2) is 11.6 Å². The predicted octanol–water partition coefficient (Wildman–Crippen LogP) is 2.20. The summed E-state index contributed by atoms with van der Waals surface area (Å²) in [6.45, 7) is 6.02. The van der Waals surface area contributed by atoms with Gasteiger partial charge in [0.1, 0.15) is 11.9 Å². The maximum absolute atomic E-state index is 13.4. The van der Waals surface area contributed by atoms with E-state index in [0.717, 1.165) is 12.1 Å². The minimum Gasteiger partial charge on any atom is -0.378 e. The first-order valence-electron chi connectivity index (χ1n) is 8.20. The Morgan fingerprint density at radius 1 is 1.20 bits per heavy atom. The summed E-state index contributed by atoms with van der Waals surface area (Å²) in [7, 11) is 0. The molecule has 1 fully saturated rings. The van der Waals surface area contributed by atoms with Crippen molar-refractivity contribution in [3.05, 3.63) is 30.0 Å². The molecule has 25 heavy (non-hydrogen) atoms.